The minimum atomic E-state index is -3.56. The zero-order valence-electron chi connectivity index (χ0n) is 17.5. The molecule has 0 aliphatic carbocycles. The van der Waals surface area contributed by atoms with Crippen molar-refractivity contribution in [1.29, 1.82) is 0 Å². The van der Waals surface area contributed by atoms with Gasteiger partial charge in [0.1, 0.15) is 17.1 Å². The van der Waals surface area contributed by atoms with Gasteiger partial charge in [0.2, 0.25) is 10.0 Å². The molecule has 0 spiro atoms. The molecule has 3 rings (SSSR count). The molecule has 0 aliphatic heterocycles. The second kappa shape index (κ2) is 10.1. The Bertz CT molecular complexity index is 1190. The van der Waals surface area contributed by atoms with Gasteiger partial charge in [0, 0.05) is 19.8 Å². The Labute approximate surface area is 186 Å². The fourth-order valence-corrected chi connectivity index (χ4v) is 3.57. The van der Waals surface area contributed by atoms with E-state index in [2.05, 4.69) is 5.32 Å². The van der Waals surface area contributed by atoms with Gasteiger partial charge in [-0.15, -0.1) is 0 Å². The van der Waals surface area contributed by atoms with E-state index in [0.29, 0.717) is 17.2 Å². The minimum Gasteiger partial charge on any atom is -0.456 e. The second-order valence-electron chi connectivity index (χ2n) is 6.85. The van der Waals surface area contributed by atoms with Gasteiger partial charge in [0.05, 0.1) is 4.90 Å². The van der Waals surface area contributed by atoms with Gasteiger partial charge in [-0.05, 0) is 48.5 Å². The molecule has 1 amide bonds. The summed E-state index contributed by atoms with van der Waals surface area (Å²) in [6.45, 7) is -0.518. The summed E-state index contributed by atoms with van der Waals surface area (Å²) in [5.74, 6) is -0.408. The summed E-state index contributed by atoms with van der Waals surface area (Å²) in [5.41, 5.74) is 0.555. The molecule has 0 bridgehead atoms. The monoisotopic (exact) mass is 454 g/mol. The van der Waals surface area contributed by atoms with Crippen LogP contribution in [-0.4, -0.2) is 45.3 Å². The normalized spacial score (nSPS) is 11.1. The Kier molecular flexibility index (Phi) is 7.24. The van der Waals surface area contributed by atoms with Gasteiger partial charge in [-0.1, -0.05) is 30.3 Å². The molecule has 1 N–H and O–H groups in total. The Morgan fingerprint density at radius 2 is 1.50 bits per heavy atom. The molecule has 8 nitrogen and oxygen atoms in total. The quantitative estimate of drug-likeness (QED) is 0.523. The molecule has 0 atom stereocenters. The Hall–Kier alpha value is -3.69. The van der Waals surface area contributed by atoms with Crippen molar-refractivity contribution in [3.05, 3.63) is 84.4 Å². The predicted molar refractivity (Wildman–Crippen MR) is 119 cm³/mol. The zero-order chi connectivity index (χ0) is 23.1. The third-order valence-electron chi connectivity index (χ3n) is 4.33. The van der Waals surface area contributed by atoms with Gasteiger partial charge in [-0.3, -0.25) is 4.79 Å². The Morgan fingerprint density at radius 3 is 2.16 bits per heavy atom. The summed E-state index contributed by atoms with van der Waals surface area (Å²) < 4.78 is 36.1. The molecule has 0 saturated carbocycles. The van der Waals surface area contributed by atoms with Gasteiger partial charge < -0.3 is 14.8 Å². The molecule has 0 saturated heterocycles. The molecular weight excluding hydrogens is 432 g/mol. The number of carbonyl (C=O) groups excluding carboxylic acids is 2. The van der Waals surface area contributed by atoms with Crippen LogP contribution in [0.25, 0.3) is 0 Å². The fourth-order valence-electron chi connectivity index (χ4n) is 2.67. The first-order chi connectivity index (χ1) is 15.3. The number of carbonyl (C=O) groups is 2. The van der Waals surface area contributed by atoms with Crippen molar-refractivity contribution in [3.8, 4) is 11.5 Å². The molecule has 0 heterocycles. The number of nitrogens with zero attached hydrogens (tertiary/aromatic N) is 1. The molecule has 0 radical (unpaired) electrons. The molecule has 0 aliphatic rings. The second-order valence-corrected chi connectivity index (χ2v) is 9.00. The van der Waals surface area contributed by atoms with Crippen molar-refractivity contribution >= 4 is 27.6 Å². The number of ether oxygens (including phenoxy) is 2. The van der Waals surface area contributed by atoms with E-state index in [4.69, 9.17) is 9.47 Å². The summed E-state index contributed by atoms with van der Waals surface area (Å²) in [6.07, 6.45) is 0. The summed E-state index contributed by atoms with van der Waals surface area (Å²) in [4.78, 5) is 24.7. The molecule has 0 fully saturated rings. The third-order valence-corrected chi connectivity index (χ3v) is 6.16. The maximum absolute atomic E-state index is 12.5. The smallest absolute Gasteiger partial charge is 0.342 e. The number of nitrogens with one attached hydrogen (secondary N) is 1. The number of benzene rings is 3. The molecule has 166 valence electrons. The van der Waals surface area contributed by atoms with Gasteiger partial charge in [-0.2, -0.15) is 0 Å². The SMILES string of the molecule is CN(C)S(=O)(=O)c1ccc(NC(=O)COC(=O)c2ccccc2Oc2ccccc2)cc1. The van der Waals surface area contributed by atoms with Gasteiger partial charge in [0.25, 0.3) is 5.91 Å². The van der Waals surface area contributed by atoms with Crippen molar-refractivity contribution in [2.75, 3.05) is 26.0 Å². The molecular formula is C23H22N2O6S. The van der Waals surface area contributed by atoms with Crippen LogP contribution in [0.1, 0.15) is 10.4 Å². The number of hydrogen-bond acceptors (Lipinski definition) is 6. The van der Waals surface area contributed by atoms with E-state index in [0.717, 1.165) is 4.31 Å². The molecule has 0 aromatic heterocycles. The number of rotatable bonds is 8. The third kappa shape index (κ3) is 5.71. The number of hydrogen-bond donors (Lipinski definition) is 1. The van der Waals surface area contributed by atoms with Crippen LogP contribution >= 0.6 is 0 Å². The molecule has 0 unspecified atom stereocenters. The van der Waals surface area contributed by atoms with Crippen LogP contribution in [0.15, 0.2) is 83.8 Å². The highest BCUT2D eigenvalue weighted by Crippen LogP contribution is 2.25. The highest BCUT2D eigenvalue weighted by Gasteiger charge is 2.18. The summed E-state index contributed by atoms with van der Waals surface area (Å²) in [6, 6.07) is 21.2. The zero-order valence-corrected chi connectivity index (χ0v) is 18.3. The van der Waals surface area contributed by atoms with Crippen LogP contribution in [0.2, 0.25) is 0 Å². The van der Waals surface area contributed by atoms with E-state index in [1.165, 1.54) is 38.4 Å². The standard InChI is InChI=1S/C23H22N2O6S/c1-25(2)32(28,29)19-14-12-17(13-15-19)24-22(26)16-30-23(27)20-10-6-7-11-21(20)31-18-8-4-3-5-9-18/h3-15H,16H2,1-2H3,(H,24,26). The number of amides is 1. The van der Waals surface area contributed by atoms with E-state index in [1.807, 2.05) is 18.2 Å². The minimum absolute atomic E-state index is 0.0990. The summed E-state index contributed by atoms with van der Waals surface area (Å²) in [7, 11) is -0.696. The number of esters is 1. The number of sulfonamides is 1. The average molecular weight is 455 g/mol. The van der Waals surface area contributed by atoms with Crippen molar-refractivity contribution in [3.63, 3.8) is 0 Å². The maximum atomic E-state index is 12.5. The first-order valence-corrected chi connectivity index (χ1v) is 11.0. The van der Waals surface area contributed by atoms with Gasteiger partial charge in [-0.25, -0.2) is 17.5 Å². The average Bonchev–Trinajstić information content (AvgIpc) is 2.79. The van der Waals surface area contributed by atoms with E-state index < -0.39 is 28.5 Å². The lowest BCUT2D eigenvalue weighted by molar-refractivity contribution is -0.119. The lowest BCUT2D eigenvalue weighted by Crippen LogP contribution is -2.22. The Morgan fingerprint density at radius 1 is 0.875 bits per heavy atom. The van der Waals surface area contributed by atoms with Crippen molar-refractivity contribution in [1.82, 2.24) is 4.31 Å². The van der Waals surface area contributed by atoms with Crippen LogP contribution in [0.4, 0.5) is 5.69 Å². The lowest BCUT2D eigenvalue weighted by atomic mass is 10.2. The first-order valence-electron chi connectivity index (χ1n) is 9.59. The highest BCUT2D eigenvalue weighted by atomic mass is 32.2. The molecule has 3 aromatic carbocycles. The maximum Gasteiger partial charge on any atom is 0.342 e. The van der Waals surface area contributed by atoms with Crippen LogP contribution in [0, 0.1) is 0 Å². The van der Waals surface area contributed by atoms with Crippen LogP contribution < -0.4 is 10.1 Å². The molecule has 32 heavy (non-hydrogen) atoms. The van der Waals surface area contributed by atoms with Crippen molar-refractivity contribution in [2.24, 2.45) is 0 Å². The van der Waals surface area contributed by atoms with Gasteiger partial charge >= 0.3 is 5.97 Å². The topological polar surface area (TPSA) is 102 Å². The van der Waals surface area contributed by atoms with Crippen LogP contribution in [0.3, 0.4) is 0 Å². The molecule has 9 heteroatoms. The van der Waals surface area contributed by atoms with E-state index in [9.17, 15) is 18.0 Å². The van der Waals surface area contributed by atoms with E-state index in [1.54, 1.807) is 36.4 Å². The van der Waals surface area contributed by atoms with Crippen LogP contribution in [0.5, 0.6) is 11.5 Å². The first kappa shape index (κ1) is 23.0. The predicted octanol–water partition coefficient (Wildman–Crippen LogP) is 3.52. The number of para-hydroxylation sites is 2. The highest BCUT2D eigenvalue weighted by molar-refractivity contribution is 7.89. The largest absolute Gasteiger partial charge is 0.456 e. The van der Waals surface area contributed by atoms with E-state index >= 15 is 0 Å². The van der Waals surface area contributed by atoms with Crippen LogP contribution in [-0.2, 0) is 19.6 Å². The summed E-state index contributed by atoms with van der Waals surface area (Å²) >= 11 is 0. The lowest BCUT2D eigenvalue weighted by Gasteiger charge is -2.12. The Balaban J connectivity index is 1.59. The fraction of sp³-hybridized carbons (Fsp3) is 0.130. The van der Waals surface area contributed by atoms with Gasteiger partial charge in [0.15, 0.2) is 6.61 Å². The number of anilines is 1. The molecule has 3 aromatic rings. The van der Waals surface area contributed by atoms with Crippen molar-refractivity contribution in [2.45, 2.75) is 4.90 Å². The summed E-state index contributed by atoms with van der Waals surface area (Å²) in [5, 5.41) is 2.56. The van der Waals surface area contributed by atoms with Crippen molar-refractivity contribution < 1.29 is 27.5 Å². The van der Waals surface area contributed by atoms with E-state index in [-0.39, 0.29) is 10.5 Å².